The molecular weight excluding hydrogens is 398 g/mol. The van der Waals surface area contributed by atoms with Crippen LogP contribution in [0.25, 0.3) is 5.69 Å². The Labute approximate surface area is 180 Å². The number of hydrogen-bond acceptors (Lipinski definition) is 4. The lowest BCUT2D eigenvalue weighted by Gasteiger charge is -2.26. The van der Waals surface area contributed by atoms with E-state index in [4.69, 9.17) is 4.99 Å². The summed E-state index contributed by atoms with van der Waals surface area (Å²) < 4.78 is 24.9. The van der Waals surface area contributed by atoms with E-state index in [1.807, 2.05) is 37.6 Å². The van der Waals surface area contributed by atoms with Crippen LogP contribution in [0.2, 0.25) is 0 Å². The fourth-order valence-electron chi connectivity index (χ4n) is 3.10. The first-order valence-corrected chi connectivity index (χ1v) is 12.4. The highest BCUT2D eigenvalue weighted by molar-refractivity contribution is 7.90. The Hall–Kier alpha value is -2.35. The fraction of sp³-hybridized carbons (Fsp3) is 0.545. The molecule has 0 aliphatic heterocycles. The Kier molecular flexibility index (Phi) is 8.06. The van der Waals surface area contributed by atoms with E-state index >= 15 is 0 Å². The average molecular weight is 434 g/mol. The number of aliphatic imine (C=N–C) groups is 1. The molecular formula is C22H35N5O2S. The maximum absolute atomic E-state index is 11.5. The second kappa shape index (κ2) is 10.1. The smallest absolute Gasteiger partial charge is 0.191 e. The molecule has 0 fully saturated rings. The lowest BCUT2D eigenvalue weighted by molar-refractivity contribution is 0.348. The van der Waals surface area contributed by atoms with Gasteiger partial charge in [0.05, 0.1) is 23.7 Å². The minimum Gasteiger partial charge on any atom is -0.357 e. The van der Waals surface area contributed by atoms with Crippen molar-refractivity contribution in [1.29, 1.82) is 0 Å². The van der Waals surface area contributed by atoms with Gasteiger partial charge in [0.25, 0.3) is 0 Å². The van der Waals surface area contributed by atoms with Crippen molar-refractivity contribution in [2.24, 2.45) is 10.4 Å². The van der Waals surface area contributed by atoms with Crippen molar-refractivity contribution < 1.29 is 8.42 Å². The van der Waals surface area contributed by atoms with Gasteiger partial charge >= 0.3 is 0 Å². The zero-order valence-electron chi connectivity index (χ0n) is 19.0. The molecule has 1 aromatic carbocycles. The predicted molar refractivity (Wildman–Crippen MR) is 124 cm³/mol. The third-order valence-corrected chi connectivity index (χ3v) is 5.81. The Morgan fingerprint density at radius 2 is 1.90 bits per heavy atom. The molecule has 0 unspecified atom stereocenters. The normalized spacial score (nSPS) is 12.8. The molecule has 0 bridgehead atoms. The summed E-state index contributed by atoms with van der Waals surface area (Å²) in [4.78, 5) is 4.75. The molecule has 1 aromatic heterocycles. The van der Waals surface area contributed by atoms with Crippen LogP contribution in [-0.4, -0.2) is 49.3 Å². The lowest BCUT2D eigenvalue weighted by Crippen LogP contribution is -2.42. The van der Waals surface area contributed by atoms with Crippen LogP contribution in [0, 0.1) is 19.3 Å². The summed E-state index contributed by atoms with van der Waals surface area (Å²) in [5, 5.41) is 11.2. The molecule has 7 nitrogen and oxygen atoms in total. The topological polar surface area (TPSA) is 88.4 Å². The van der Waals surface area contributed by atoms with Crippen LogP contribution in [0.5, 0.6) is 0 Å². The van der Waals surface area contributed by atoms with Crippen molar-refractivity contribution >= 4 is 15.8 Å². The summed E-state index contributed by atoms with van der Waals surface area (Å²) in [5.41, 5.74) is 4.01. The minimum atomic E-state index is -2.97. The summed E-state index contributed by atoms with van der Waals surface area (Å²) in [6.45, 7) is 12.1. The number of hydrogen-bond donors (Lipinski definition) is 2. The zero-order chi connectivity index (χ0) is 22.4. The second-order valence-corrected chi connectivity index (χ2v) is 10.8. The van der Waals surface area contributed by atoms with Gasteiger partial charge in [-0.2, -0.15) is 5.10 Å². The van der Waals surface area contributed by atoms with Gasteiger partial charge in [-0.05, 0) is 50.3 Å². The van der Waals surface area contributed by atoms with Crippen molar-refractivity contribution in [2.75, 3.05) is 25.1 Å². The molecule has 0 radical (unpaired) electrons. The summed E-state index contributed by atoms with van der Waals surface area (Å²) in [6, 6.07) is 10.2. The highest BCUT2D eigenvalue weighted by atomic mass is 32.2. The van der Waals surface area contributed by atoms with Crippen LogP contribution in [0.3, 0.4) is 0 Å². The maximum atomic E-state index is 11.5. The number of nitrogens with zero attached hydrogens (tertiary/aromatic N) is 3. The molecule has 2 aromatic rings. The highest BCUT2D eigenvalue weighted by Crippen LogP contribution is 2.20. The van der Waals surface area contributed by atoms with Crippen LogP contribution >= 0.6 is 0 Å². The van der Waals surface area contributed by atoms with E-state index in [-0.39, 0.29) is 11.2 Å². The molecule has 8 heteroatoms. The Morgan fingerprint density at radius 3 is 2.50 bits per heavy atom. The van der Waals surface area contributed by atoms with Gasteiger partial charge in [0, 0.05) is 25.0 Å². The second-order valence-electron chi connectivity index (χ2n) is 8.56. The number of rotatable bonds is 9. The molecule has 0 aliphatic carbocycles. The highest BCUT2D eigenvalue weighted by Gasteiger charge is 2.20. The van der Waals surface area contributed by atoms with Crippen molar-refractivity contribution in [3.8, 4) is 5.69 Å². The molecule has 1 heterocycles. The fourth-order valence-corrected chi connectivity index (χ4v) is 4.03. The van der Waals surface area contributed by atoms with Gasteiger partial charge in [0.1, 0.15) is 9.84 Å². The summed E-state index contributed by atoms with van der Waals surface area (Å²) in [5.74, 6) is 0.902. The first kappa shape index (κ1) is 23.9. The van der Waals surface area contributed by atoms with Gasteiger partial charge in [-0.15, -0.1) is 0 Å². The third-order valence-electron chi connectivity index (χ3n) is 4.87. The molecule has 2 rings (SSSR count). The van der Waals surface area contributed by atoms with Gasteiger partial charge in [-0.3, -0.25) is 0 Å². The van der Waals surface area contributed by atoms with Gasteiger partial charge in [0.15, 0.2) is 5.96 Å². The number of nitrogens with one attached hydrogen (secondary N) is 2. The standard InChI is InChI=1S/C22H35N5O2S/c1-7-23-21(25-16-22(4,5)12-13-30(6,28)29)24-15-19-10-8-9-11-20(19)27-18(3)14-17(2)26-27/h8-11,14H,7,12-13,15-16H2,1-6H3,(H2,23,24,25). The van der Waals surface area contributed by atoms with Crippen LogP contribution in [0.4, 0.5) is 0 Å². The number of aromatic nitrogens is 2. The summed E-state index contributed by atoms with van der Waals surface area (Å²) in [6.07, 6.45) is 1.88. The van der Waals surface area contributed by atoms with Crippen molar-refractivity contribution in [3.05, 3.63) is 47.3 Å². The Bertz CT molecular complexity index is 977. The van der Waals surface area contributed by atoms with Gasteiger partial charge in [-0.25, -0.2) is 18.1 Å². The number of benzene rings is 1. The largest absolute Gasteiger partial charge is 0.357 e. The quantitative estimate of drug-likeness (QED) is 0.469. The molecule has 2 N–H and O–H groups in total. The molecule has 0 saturated heterocycles. The molecule has 0 aliphatic rings. The Morgan fingerprint density at radius 1 is 1.20 bits per heavy atom. The van der Waals surface area contributed by atoms with E-state index in [9.17, 15) is 8.42 Å². The molecule has 0 spiro atoms. The zero-order valence-corrected chi connectivity index (χ0v) is 19.8. The van der Waals surface area contributed by atoms with Crippen LogP contribution in [0.15, 0.2) is 35.3 Å². The van der Waals surface area contributed by atoms with Crippen molar-refractivity contribution in [3.63, 3.8) is 0 Å². The van der Waals surface area contributed by atoms with E-state index < -0.39 is 9.84 Å². The SMILES string of the molecule is CCNC(=NCc1ccccc1-n1nc(C)cc1C)NCC(C)(C)CCS(C)(=O)=O. The summed E-state index contributed by atoms with van der Waals surface area (Å²) in [7, 11) is -2.97. The summed E-state index contributed by atoms with van der Waals surface area (Å²) >= 11 is 0. The Balaban J connectivity index is 2.13. The maximum Gasteiger partial charge on any atom is 0.191 e. The number of sulfone groups is 1. The number of aryl methyl sites for hydroxylation is 2. The van der Waals surface area contributed by atoms with Gasteiger partial charge < -0.3 is 10.6 Å². The van der Waals surface area contributed by atoms with E-state index in [0.717, 1.165) is 29.2 Å². The predicted octanol–water partition coefficient (Wildman–Crippen LogP) is 3.01. The lowest BCUT2D eigenvalue weighted by atomic mass is 9.90. The van der Waals surface area contributed by atoms with E-state index in [1.54, 1.807) is 0 Å². The first-order valence-electron chi connectivity index (χ1n) is 10.3. The van der Waals surface area contributed by atoms with Crippen LogP contribution in [-0.2, 0) is 16.4 Å². The van der Waals surface area contributed by atoms with Crippen LogP contribution < -0.4 is 10.6 Å². The molecule has 0 saturated carbocycles. The van der Waals surface area contributed by atoms with Crippen molar-refractivity contribution in [2.45, 2.75) is 47.6 Å². The number of para-hydroxylation sites is 1. The molecule has 30 heavy (non-hydrogen) atoms. The number of guanidine groups is 1. The third kappa shape index (κ3) is 7.48. The monoisotopic (exact) mass is 433 g/mol. The minimum absolute atomic E-state index is 0.166. The first-order chi connectivity index (χ1) is 14.0. The molecule has 0 atom stereocenters. The van der Waals surface area contributed by atoms with E-state index in [0.29, 0.717) is 25.5 Å². The van der Waals surface area contributed by atoms with E-state index in [2.05, 4.69) is 47.8 Å². The average Bonchev–Trinajstić information content (AvgIpc) is 3.00. The van der Waals surface area contributed by atoms with Gasteiger partial charge in [-0.1, -0.05) is 32.0 Å². The van der Waals surface area contributed by atoms with E-state index in [1.165, 1.54) is 6.26 Å². The molecule has 166 valence electrons. The van der Waals surface area contributed by atoms with Crippen molar-refractivity contribution in [1.82, 2.24) is 20.4 Å². The molecule has 0 amide bonds. The van der Waals surface area contributed by atoms with Crippen LogP contribution in [0.1, 0.15) is 44.1 Å². The van der Waals surface area contributed by atoms with Gasteiger partial charge in [0.2, 0.25) is 0 Å².